The van der Waals surface area contributed by atoms with Crippen LogP contribution in [0.1, 0.15) is 33.1 Å². The molecule has 0 aliphatic rings. The van der Waals surface area contributed by atoms with E-state index in [9.17, 15) is 18.0 Å². The molecule has 0 radical (unpaired) electrons. The molecule has 0 saturated carbocycles. The molecule has 0 aromatic heterocycles. The van der Waals surface area contributed by atoms with Crippen molar-refractivity contribution in [2.24, 2.45) is 0 Å². The zero-order valence-corrected chi connectivity index (χ0v) is 11.5. The first-order chi connectivity index (χ1) is 8.24. The maximum atomic E-state index is 11.8. The fourth-order valence-electron chi connectivity index (χ4n) is 1.39. The maximum absolute atomic E-state index is 11.8. The summed E-state index contributed by atoms with van der Waals surface area (Å²) in [6.45, 7) is 3.00. The lowest BCUT2D eigenvalue weighted by molar-refractivity contribution is -0.140. The van der Waals surface area contributed by atoms with Gasteiger partial charge in [0.25, 0.3) is 0 Å². The molecular weight excluding hydrogens is 262 g/mol. The van der Waals surface area contributed by atoms with Crippen molar-refractivity contribution in [1.82, 2.24) is 4.72 Å². The van der Waals surface area contributed by atoms with Crippen molar-refractivity contribution in [3.8, 4) is 0 Å². The Hall–Kier alpha value is -1.15. The van der Waals surface area contributed by atoms with Gasteiger partial charge in [-0.3, -0.25) is 9.59 Å². The molecule has 0 fully saturated rings. The topological polar surface area (TPSA) is 110 Å². The van der Waals surface area contributed by atoms with E-state index in [1.807, 2.05) is 6.92 Å². The molecule has 2 atom stereocenters. The molecule has 0 aromatic rings. The summed E-state index contributed by atoms with van der Waals surface area (Å²) in [5.41, 5.74) is 0. The number of carboxylic acid groups (broad SMARTS) is 1. The molecule has 0 spiro atoms. The SMILES string of the molecule is CCCC(CC(=O)O)NS(=O)(=O)C(C)C(=O)OC. The van der Waals surface area contributed by atoms with Crippen LogP contribution in [0.4, 0.5) is 0 Å². The van der Waals surface area contributed by atoms with Gasteiger partial charge in [-0.2, -0.15) is 0 Å². The Kier molecular flexibility index (Phi) is 6.85. The van der Waals surface area contributed by atoms with Gasteiger partial charge >= 0.3 is 11.9 Å². The minimum absolute atomic E-state index is 0.318. The maximum Gasteiger partial charge on any atom is 0.325 e. The van der Waals surface area contributed by atoms with Crippen molar-refractivity contribution in [3.63, 3.8) is 0 Å². The van der Waals surface area contributed by atoms with Gasteiger partial charge < -0.3 is 9.84 Å². The second-order valence-electron chi connectivity index (χ2n) is 3.91. The van der Waals surface area contributed by atoms with E-state index in [2.05, 4.69) is 9.46 Å². The lowest BCUT2D eigenvalue weighted by atomic mass is 10.1. The molecule has 8 heteroatoms. The predicted octanol–water partition coefficient (Wildman–Crippen LogP) is 0.111. The number of aliphatic carboxylic acids is 1. The Morgan fingerprint density at radius 3 is 2.33 bits per heavy atom. The van der Waals surface area contributed by atoms with Gasteiger partial charge in [-0.25, -0.2) is 13.1 Å². The van der Waals surface area contributed by atoms with Gasteiger partial charge in [0.1, 0.15) is 0 Å². The van der Waals surface area contributed by atoms with Crippen LogP contribution in [0.2, 0.25) is 0 Å². The van der Waals surface area contributed by atoms with Gasteiger partial charge in [-0.15, -0.1) is 0 Å². The highest BCUT2D eigenvalue weighted by atomic mass is 32.2. The molecule has 0 aliphatic carbocycles. The van der Waals surface area contributed by atoms with Crippen LogP contribution in [-0.4, -0.2) is 43.9 Å². The summed E-state index contributed by atoms with van der Waals surface area (Å²) in [5.74, 6) is -1.98. The summed E-state index contributed by atoms with van der Waals surface area (Å²) in [5, 5.41) is 7.31. The summed E-state index contributed by atoms with van der Waals surface area (Å²) in [6.07, 6.45) is 0.702. The summed E-state index contributed by atoms with van der Waals surface area (Å²) in [7, 11) is -2.83. The zero-order chi connectivity index (χ0) is 14.3. The Labute approximate surface area is 107 Å². The van der Waals surface area contributed by atoms with Crippen LogP contribution < -0.4 is 4.72 Å². The quantitative estimate of drug-likeness (QED) is 0.611. The molecule has 7 nitrogen and oxygen atoms in total. The third-order valence-corrected chi connectivity index (χ3v) is 4.17. The number of esters is 1. The third-order valence-electron chi connectivity index (χ3n) is 2.39. The predicted molar refractivity (Wildman–Crippen MR) is 64.5 cm³/mol. The molecule has 0 aliphatic heterocycles. The monoisotopic (exact) mass is 281 g/mol. The van der Waals surface area contributed by atoms with Crippen molar-refractivity contribution in [1.29, 1.82) is 0 Å². The minimum Gasteiger partial charge on any atom is -0.481 e. The summed E-state index contributed by atoms with van der Waals surface area (Å²) < 4.78 is 30.2. The Balaban J connectivity index is 4.79. The second-order valence-corrected chi connectivity index (χ2v) is 5.94. The van der Waals surface area contributed by atoms with Crippen LogP contribution in [0, 0.1) is 0 Å². The highest BCUT2D eigenvalue weighted by Gasteiger charge is 2.31. The van der Waals surface area contributed by atoms with Gasteiger partial charge in [0, 0.05) is 6.04 Å². The number of carboxylic acids is 1. The standard InChI is InChI=1S/C10H19NO6S/c1-4-5-8(6-9(12)13)11-18(15,16)7(2)10(14)17-3/h7-8,11H,4-6H2,1-3H3,(H,12,13). The third kappa shape index (κ3) is 5.46. The Bertz CT molecular complexity index is 391. The smallest absolute Gasteiger partial charge is 0.325 e. The largest absolute Gasteiger partial charge is 0.481 e. The van der Waals surface area contributed by atoms with Crippen LogP contribution in [0.3, 0.4) is 0 Å². The lowest BCUT2D eigenvalue weighted by Gasteiger charge is -2.18. The second kappa shape index (κ2) is 7.32. The van der Waals surface area contributed by atoms with E-state index in [4.69, 9.17) is 5.11 Å². The van der Waals surface area contributed by atoms with Crippen molar-refractivity contribution in [2.45, 2.75) is 44.4 Å². The average molecular weight is 281 g/mol. The van der Waals surface area contributed by atoms with Crippen LogP contribution in [0.25, 0.3) is 0 Å². The molecule has 0 aromatic carbocycles. The number of hydrogen-bond acceptors (Lipinski definition) is 5. The number of sulfonamides is 1. The average Bonchev–Trinajstić information content (AvgIpc) is 2.25. The van der Waals surface area contributed by atoms with E-state index < -0.39 is 33.3 Å². The number of rotatable bonds is 8. The summed E-state index contributed by atoms with van der Waals surface area (Å²) in [4.78, 5) is 21.8. The molecule has 0 rings (SSSR count). The van der Waals surface area contributed by atoms with Crippen LogP contribution in [-0.2, 0) is 24.3 Å². The minimum atomic E-state index is -3.93. The van der Waals surface area contributed by atoms with Crippen molar-refractivity contribution < 1.29 is 27.9 Å². The number of methoxy groups -OCH3 is 1. The van der Waals surface area contributed by atoms with E-state index in [-0.39, 0.29) is 6.42 Å². The van der Waals surface area contributed by atoms with E-state index in [0.29, 0.717) is 12.8 Å². The van der Waals surface area contributed by atoms with E-state index in [1.54, 1.807) is 0 Å². The fourth-order valence-corrected chi connectivity index (χ4v) is 2.61. The number of carbonyl (C=O) groups is 2. The molecule has 2 unspecified atom stereocenters. The normalized spacial score (nSPS) is 14.8. The van der Waals surface area contributed by atoms with Crippen LogP contribution in [0.5, 0.6) is 0 Å². The Morgan fingerprint density at radius 1 is 1.39 bits per heavy atom. The molecule has 0 saturated heterocycles. The van der Waals surface area contributed by atoms with Crippen molar-refractivity contribution >= 4 is 22.0 Å². The first-order valence-corrected chi connectivity index (χ1v) is 7.10. The van der Waals surface area contributed by atoms with Gasteiger partial charge in [0.2, 0.25) is 10.0 Å². The van der Waals surface area contributed by atoms with E-state index in [1.165, 1.54) is 6.92 Å². The highest BCUT2D eigenvalue weighted by Crippen LogP contribution is 2.08. The van der Waals surface area contributed by atoms with Crippen LogP contribution >= 0.6 is 0 Å². The van der Waals surface area contributed by atoms with E-state index in [0.717, 1.165) is 7.11 Å². The van der Waals surface area contributed by atoms with Crippen molar-refractivity contribution in [3.05, 3.63) is 0 Å². The first kappa shape index (κ1) is 16.9. The van der Waals surface area contributed by atoms with Gasteiger partial charge in [-0.05, 0) is 13.3 Å². The molecule has 0 amide bonds. The fraction of sp³-hybridized carbons (Fsp3) is 0.800. The summed E-state index contributed by atoms with van der Waals surface area (Å²) in [6, 6.07) is -0.718. The molecule has 0 bridgehead atoms. The van der Waals surface area contributed by atoms with Gasteiger partial charge in [0.05, 0.1) is 13.5 Å². The highest BCUT2D eigenvalue weighted by molar-refractivity contribution is 7.90. The molecule has 18 heavy (non-hydrogen) atoms. The van der Waals surface area contributed by atoms with Gasteiger partial charge in [0.15, 0.2) is 5.25 Å². The van der Waals surface area contributed by atoms with Crippen molar-refractivity contribution in [2.75, 3.05) is 7.11 Å². The number of hydrogen-bond donors (Lipinski definition) is 2. The van der Waals surface area contributed by atoms with Gasteiger partial charge in [-0.1, -0.05) is 13.3 Å². The number of carbonyl (C=O) groups excluding carboxylic acids is 1. The Morgan fingerprint density at radius 2 is 1.94 bits per heavy atom. The molecule has 0 heterocycles. The number of ether oxygens (including phenoxy) is 1. The molecule has 2 N–H and O–H groups in total. The lowest BCUT2D eigenvalue weighted by Crippen LogP contribution is -2.44. The molecular formula is C10H19NO6S. The molecule has 106 valence electrons. The summed E-state index contributed by atoms with van der Waals surface area (Å²) >= 11 is 0. The first-order valence-electron chi connectivity index (χ1n) is 5.55. The number of nitrogens with one attached hydrogen (secondary N) is 1. The zero-order valence-electron chi connectivity index (χ0n) is 10.7. The van der Waals surface area contributed by atoms with Crippen LogP contribution in [0.15, 0.2) is 0 Å². The van der Waals surface area contributed by atoms with E-state index >= 15 is 0 Å².